The number of anilines is 1. The molecule has 0 saturated heterocycles. The predicted octanol–water partition coefficient (Wildman–Crippen LogP) is 3.33. The molecule has 0 aliphatic carbocycles. The Balaban J connectivity index is 2.32. The summed E-state index contributed by atoms with van der Waals surface area (Å²) in [6, 6.07) is 9.81. The van der Waals surface area contributed by atoms with Crippen LogP contribution in [0.15, 0.2) is 36.4 Å². The van der Waals surface area contributed by atoms with Gasteiger partial charge in [0.05, 0.1) is 5.56 Å². The average Bonchev–Trinajstić information content (AvgIpc) is 2.38. The number of hydrogen-bond acceptors (Lipinski definition) is 3. The lowest BCUT2D eigenvalue weighted by Crippen LogP contribution is -2.08. The van der Waals surface area contributed by atoms with Crippen molar-refractivity contribution in [2.75, 3.05) is 5.73 Å². The van der Waals surface area contributed by atoms with Gasteiger partial charge in [-0.25, -0.2) is 8.78 Å². The van der Waals surface area contributed by atoms with Crippen LogP contribution in [-0.4, -0.2) is 5.78 Å². The standard InChI is InChI=1S/C15H13F2NO2/c1-9(19)13-12(18)7-11(16)15(14(13)17)20-8-10-5-3-2-4-6-10/h2-7H,8,18H2,1H3. The summed E-state index contributed by atoms with van der Waals surface area (Å²) < 4.78 is 32.9. The first kappa shape index (κ1) is 14.0. The first-order valence-corrected chi connectivity index (χ1v) is 5.96. The molecule has 0 aliphatic rings. The molecular weight excluding hydrogens is 264 g/mol. The van der Waals surface area contributed by atoms with Gasteiger partial charge in [-0.3, -0.25) is 4.79 Å². The van der Waals surface area contributed by atoms with Crippen LogP contribution in [0, 0.1) is 11.6 Å². The lowest BCUT2D eigenvalue weighted by atomic mass is 10.1. The first-order chi connectivity index (χ1) is 9.50. The second-order valence-electron chi connectivity index (χ2n) is 4.30. The summed E-state index contributed by atoms with van der Waals surface area (Å²) in [5, 5.41) is 0. The molecule has 0 heterocycles. The maximum Gasteiger partial charge on any atom is 0.192 e. The van der Waals surface area contributed by atoms with E-state index in [-0.39, 0.29) is 17.9 Å². The minimum absolute atomic E-state index is 0.00402. The van der Waals surface area contributed by atoms with Crippen LogP contribution in [0.4, 0.5) is 14.5 Å². The first-order valence-electron chi connectivity index (χ1n) is 5.96. The van der Waals surface area contributed by atoms with E-state index in [1.165, 1.54) is 0 Å². The van der Waals surface area contributed by atoms with Crippen LogP contribution >= 0.6 is 0 Å². The van der Waals surface area contributed by atoms with Crippen LogP contribution in [-0.2, 0) is 6.61 Å². The molecule has 104 valence electrons. The Morgan fingerprint density at radius 3 is 2.50 bits per heavy atom. The van der Waals surface area contributed by atoms with Crippen LogP contribution in [0.25, 0.3) is 0 Å². The summed E-state index contributed by atoms with van der Waals surface area (Å²) in [5.74, 6) is -3.16. The van der Waals surface area contributed by atoms with Gasteiger partial charge in [0, 0.05) is 11.8 Å². The Bertz CT molecular complexity index is 642. The lowest BCUT2D eigenvalue weighted by Gasteiger charge is -2.12. The summed E-state index contributed by atoms with van der Waals surface area (Å²) in [5.41, 5.74) is 5.61. The van der Waals surface area contributed by atoms with Crippen LogP contribution in [0.3, 0.4) is 0 Å². The van der Waals surface area contributed by atoms with Crippen LogP contribution in [0.2, 0.25) is 0 Å². The normalized spacial score (nSPS) is 10.3. The quantitative estimate of drug-likeness (QED) is 0.689. The third kappa shape index (κ3) is 2.77. The number of benzene rings is 2. The van der Waals surface area contributed by atoms with Gasteiger partial charge in [-0.15, -0.1) is 0 Å². The summed E-state index contributed by atoms with van der Waals surface area (Å²) in [4.78, 5) is 11.3. The van der Waals surface area contributed by atoms with Gasteiger partial charge in [-0.1, -0.05) is 30.3 Å². The summed E-state index contributed by atoms with van der Waals surface area (Å²) in [6.07, 6.45) is 0. The molecular formula is C15H13F2NO2. The zero-order chi connectivity index (χ0) is 14.7. The van der Waals surface area contributed by atoms with Gasteiger partial charge in [0.1, 0.15) is 6.61 Å². The van der Waals surface area contributed by atoms with E-state index < -0.39 is 23.2 Å². The van der Waals surface area contributed by atoms with Gasteiger partial charge >= 0.3 is 0 Å². The van der Waals surface area contributed by atoms with E-state index in [1.807, 2.05) is 6.07 Å². The molecule has 5 heteroatoms. The molecule has 0 atom stereocenters. The molecule has 0 aromatic heterocycles. The fraction of sp³-hybridized carbons (Fsp3) is 0.133. The zero-order valence-corrected chi connectivity index (χ0v) is 10.8. The van der Waals surface area contributed by atoms with E-state index in [0.29, 0.717) is 0 Å². The average molecular weight is 277 g/mol. The Kier molecular flexibility index (Phi) is 3.98. The van der Waals surface area contributed by atoms with E-state index in [4.69, 9.17) is 10.5 Å². The number of ketones is 1. The number of halogens is 2. The second kappa shape index (κ2) is 5.69. The van der Waals surface area contributed by atoms with Gasteiger partial charge in [-0.2, -0.15) is 0 Å². The molecule has 0 radical (unpaired) electrons. The number of Topliss-reactive ketones (excluding diaryl/α,β-unsaturated/α-hetero) is 1. The minimum Gasteiger partial charge on any atom is -0.483 e. The minimum atomic E-state index is -1.06. The zero-order valence-electron chi connectivity index (χ0n) is 10.8. The molecule has 0 unspecified atom stereocenters. The molecule has 0 saturated carbocycles. The topological polar surface area (TPSA) is 52.3 Å². The van der Waals surface area contributed by atoms with Crippen molar-refractivity contribution in [1.29, 1.82) is 0 Å². The molecule has 0 aliphatic heterocycles. The van der Waals surface area contributed by atoms with Crippen molar-refractivity contribution < 1.29 is 18.3 Å². The molecule has 2 aromatic carbocycles. The molecule has 2 rings (SSSR count). The number of hydrogen-bond donors (Lipinski definition) is 1. The molecule has 3 nitrogen and oxygen atoms in total. The summed E-state index contributed by atoms with van der Waals surface area (Å²) >= 11 is 0. The van der Waals surface area contributed by atoms with Crippen molar-refractivity contribution in [1.82, 2.24) is 0 Å². The van der Waals surface area contributed by atoms with E-state index in [2.05, 4.69) is 0 Å². The van der Waals surface area contributed by atoms with Crippen LogP contribution in [0.5, 0.6) is 5.75 Å². The SMILES string of the molecule is CC(=O)c1c(N)cc(F)c(OCc2ccccc2)c1F. The van der Waals surface area contributed by atoms with Gasteiger partial charge in [0.2, 0.25) is 0 Å². The number of nitrogens with two attached hydrogens (primary N) is 1. The van der Waals surface area contributed by atoms with Gasteiger partial charge in [0.15, 0.2) is 23.2 Å². The largest absolute Gasteiger partial charge is 0.483 e. The lowest BCUT2D eigenvalue weighted by molar-refractivity contribution is 0.101. The molecule has 0 fully saturated rings. The Morgan fingerprint density at radius 1 is 1.25 bits per heavy atom. The number of carbonyl (C=O) groups is 1. The smallest absolute Gasteiger partial charge is 0.192 e. The van der Waals surface area contributed by atoms with E-state index in [0.717, 1.165) is 18.6 Å². The summed E-state index contributed by atoms with van der Waals surface area (Å²) in [6.45, 7) is 1.16. The number of ether oxygens (including phenoxy) is 1. The third-order valence-electron chi connectivity index (χ3n) is 2.78. The van der Waals surface area contributed by atoms with Crippen molar-refractivity contribution in [3.8, 4) is 5.75 Å². The van der Waals surface area contributed by atoms with Crippen molar-refractivity contribution >= 4 is 11.5 Å². The molecule has 2 aromatic rings. The Morgan fingerprint density at radius 2 is 1.90 bits per heavy atom. The molecule has 0 spiro atoms. The third-order valence-corrected chi connectivity index (χ3v) is 2.78. The number of rotatable bonds is 4. The van der Waals surface area contributed by atoms with Crippen LogP contribution < -0.4 is 10.5 Å². The molecule has 0 amide bonds. The molecule has 20 heavy (non-hydrogen) atoms. The highest BCUT2D eigenvalue weighted by Gasteiger charge is 2.21. The van der Waals surface area contributed by atoms with E-state index in [9.17, 15) is 13.6 Å². The maximum absolute atomic E-state index is 14.1. The van der Waals surface area contributed by atoms with Crippen molar-refractivity contribution in [2.24, 2.45) is 0 Å². The molecule has 2 N–H and O–H groups in total. The van der Waals surface area contributed by atoms with Gasteiger partial charge < -0.3 is 10.5 Å². The highest BCUT2D eigenvalue weighted by Crippen LogP contribution is 2.30. The fourth-order valence-corrected chi connectivity index (χ4v) is 1.84. The van der Waals surface area contributed by atoms with E-state index in [1.54, 1.807) is 24.3 Å². The highest BCUT2D eigenvalue weighted by molar-refractivity contribution is 5.99. The number of nitrogen functional groups attached to an aromatic ring is 1. The van der Waals surface area contributed by atoms with Crippen molar-refractivity contribution in [3.05, 3.63) is 59.2 Å². The second-order valence-corrected chi connectivity index (χ2v) is 4.30. The highest BCUT2D eigenvalue weighted by atomic mass is 19.1. The van der Waals surface area contributed by atoms with E-state index >= 15 is 0 Å². The fourth-order valence-electron chi connectivity index (χ4n) is 1.84. The number of carbonyl (C=O) groups excluding carboxylic acids is 1. The predicted molar refractivity (Wildman–Crippen MR) is 71.5 cm³/mol. The Hall–Kier alpha value is -2.43. The van der Waals surface area contributed by atoms with Crippen molar-refractivity contribution in [2.45, 2.75) is 13.5 Å². The van der Waals surface area contributed by atoms with Gasteiger partial charge in [-0.05, 0) is 12.5 Å². The summed E-state index contributed by atoms with van der Waals surface area (Å²) in [7, 11) is 0. The Labute approximate surface area is 115 Å². The molecule has 0 bridgehead atoms. The van der Waals surface area contributed by atoms with Crippen molar-refractivity contribution in [3.63, 3.8) is 0 Å². The monoisotopic (exact) mass is 277 g/mol. The van der Waals surface area contributed by atoms with Crippen LogP contribution in [0.1, 0.15) is 22.8 Å². The van der Waals surface area contributed by atoms with Gasteiger partial charge in [0.25, 0.3) is 0 Å². The maximum atomic E-state index is 14.1.